The van der Waals surface area contributed by atoms with E-state index in [1.807, 2.05) is 6.92 Å². The third-order valence-electron chi connectivity index (χ3n) is 3.68. The largest absolute Gasteiger partial charge is 0.393 e. The molecule has 1 N–H and O–H groups in total. The highest BCUT2D eigenvalue weighted by Gasteiger charge is 2.42. The Morgan fingerprint density at radius 3 is 2.87 bits per heavy atom. The summed E-state index contributed by atoms with van der Waals surface area (Å²) in [6.07, 6.45) is -3.00. The average molecular weight is 333 g/mol. The van der Waals surface area contributed by atoms with Crippen molar-refractivity contribution in [1.82, 2.24) is 20.4 Å². The number of nitrogens with zero attached hydrogens (tertiary/aromatic N) is 4. The first-order valence-corrected chi connectivity index (χ1v) is 7.79. The zero-order valence-corrected chi connectivity index (χ0v) is 13.4. The van der Waals surface area contributed by atoms with Gasteiger partial charge < -0.3 is 14.7 Å². The average Bonchev–Trinajstić information content (AvgIpc) is 2.91. The van der Waals surface area contributed by atoms with E-state index in [4.69, 9.17) is 4.52 Å². The van der Waals surface area contributed by atoms with Gasteiger partial charge in [0.1, 0.15) is 0 Å². The van der Waals surface area contributed by atoms with Crippen LogP contribution in [0.15, 0.2) is 9.52 Å². The van der Waals surface area contributed by atoms with Crippen LogP contribution >= 0.6 is 0 Å². The number of alkyl halides is 3. The molecule has 0 saturated carbocycles. The molecule has 1 aromatic heterocycles. The van der Waals surface area contributed by atoms with Crippen molar-refractivity contribution >= 4 is 5.96 Å². The standard InChI is InChI=1S/C14H22F3N5O/c1-3-18-13(19-7-6-12-20-10(2)21-23-12)22-8-4-5-11(9-22)14(15,16)17/h11H,3-9H2,1-2H3,(H,18,19). The number of halogens is 3. The lowest BCUT2D eigenvalue weighted by Gasteiger charge is -2.35. The van der Waals surface area contributed by atoms with E-state index in [1.54, 1.807) is 11.8 Å². The van der Waals surface area contributed by atoms with Crippen molar-refractivity contribution in [2.24, 2.45) is 10.9 Å². The molecule has 0 aliphatic carbocycles. The Morgan fingerprint density at radius 2 is 2.26 bits per heavy atom. The number of piperidine rings is 1. The predicted octanol–water partition coefficient (Wildman–Crippen LogP) is 2.16. The summed E-state index contributed by atoms with van der Waals surface area (Å²) in [5.74, 6) is 0.255. The summed E-state index contributed by atoms with van der Waals surface area (Å²) in [7, 11) is 0. The van der Waals surface area contributed by atoms with E-state index < -0.39 is 12.1 Å². The van der Waals surface area contributed by atoms with E-state index in [9.17, 15) is 13.2 Å². The van der Waals surface area contributed by atoms with Gasteiger partial charge in [0.15, 0.2) is 11.8 Å². The van der Waals surface area contributed by atoms with Crippen LogP contribution in [0.2, 0.25) is 0 Å². The molecule has 0 amide bonds. The van der Waals surface area contributed by atoms with Gasteiger partial charge in [0.25, 0.3) is 0 Å². The van der Waals surface area contributed by atoms with Crippen LogP contribution in [0.4, 0.5) is 13.2 Å². The van der Waals surface area contributed by atoms with E-state index in [0.717, 1.165) is 0 Å². The second-order valence-electron chi connectivity index (χ2n) is 5.55. The molecule has 0 aromatic carbocycles. The molecule has 2 heterocycles. The Hall–Kier alpha value is -1.80. The fourth-order valence-electron chi connectivity index (χ4n) is 2.56. The zero-order chi connectivity index (χ0) is 16.9. The highest BCUT2D eigenvalue weighted by atomic mass is 19.4. The Balaban J connectivity index is 1.97. The van der Waals surface area contributed by atoms with Crippen LogP contribution in [0.3, 0.4) is 0 Å². The van der Waals surface area contributed by atoms with Crippen LogP contribution in [-0.4, -0.2) is 53.4 Å². The molecule has 1 fully saturated rings. The van der Waals surface area contributed by atoms with Crippen LogP contribution in [0.1, 0.15) is 31.5 Å². The molecule has 0 spiro atoms. The van der Waals surface area contributed by atoms with Gasteiger partial charge in [-0.15, -0.1) is 0 Å². The lowest BCUT2D eigenvalue weighted by atomic mass is 9.98. The quantitative estimate of drug-likeness (QED) is 0.676. The third-order valence-corrected chi connectivity index (χ3v) is 3.68. The van der Waals surface area contributed by atoms with Gasteiger partial charge in [-0.25, -0.2) is 0 Å². The van der Waals surface area contributed by atoms with Gasteiger partial charge in [0.2, 0.25) is 5.89 Å². The first kappa shape index (κ1) is 17.6. The highest BCUT2D eigenvalue weighted by Crippen LogP contribution is 2.33. The smallest absolute Gasteiger partial charge is 0.357 e. The lowest BCUT2D eigenvalue weighted by molar-refractivity contribution is -0.183. The van der Waals surface area contributed by atoms with Gasteiger partial charge in [0.05, 0.1) is 12.5 Å². The van der Waals surface area contributed by atoms with Gasteiger partial charge in [-0.05, 0) is 26.7 Å². The fourth-order valence-corrected chi connectivity index (χ4v) is 2.56. The SMILES string of the molecule is CCNC(=NCCc1nc(C)no1)N1CCCC(C(F)(F)F)C1. The van der Waals surface area contributed by atoms with Gasteiger partial charge in [-0.2, -0.15) is 18.2 Å². The minimum absolute atomic E-state index is 0.0466. The molecule has 1 saturated heterocycles. The number of rotatable bonds is 4. The summed E-state index contributed by atoms with van der Waals surface area (Å²) in [4.78, 5) is 10.2. The number of hydrogen-bond donors (Lipinski definition) is 1. The molecular weight excluding hydrogens is 311 g/mol. The lowest BCUT2D eigenvalue weighted by Crippen LogP contribution is -2.49. The second-order valence-corrected chi connectivity index (χ2v) is 5.55. The number of aryl methyl sites for hydroxylation is 1. The Labute approximate surface area is 133 Å². The van der Waals surface area contributed by atoms with Crippen molar-refractivity contribution in [3.63, 3.8) is 0 Å². The molecule has 23 heavy (non-hydrogen) atoms. The highest BCUT2D eigenvalue weighted by molar-refractivity contribution is 5.80. The molecule has 0 bridgehead atoms. The van der Waals surface area contributed by atoms with Crippen molar-refractivity contribution in [2.75, 3.05) is 26.2 Å². The Bertz CT molecular complexity index is 529. The van der Waals surface area contributed by atoms with Crippen LogP contribution in [0.25, 0.3) is 0 Å². The number of aliphatic imine (C=N–C) groups is 1. The second kappa shape index (κ2) is 7.65. The molecule has 6 nitrogen and oxygen atoms in total. The monoisotopic (exact) mass is 333 g/mol. The summed E-state index contributed by atoms with van der Waals surface area (Å²) in [6.45, 7) is 5.14. The first-order chi connectivity index (χ1) is 10.9. The molecule has 2 rings (SSSR count). The van der Waals surface area contributed by atoms with Crippen LogP contribution in [0, 0.1) is 12.8 Å². The van der Waals surface area contributed by atoms with E-state index in [2.05, 4.69) is 20.4 Å². The van der Waals surface area contributed by atoms with Gasteiger partial charge >= 0.3 is 6.18 Å². The number of aromatic nitrogens is 2. The molecule has 1 aliphatic heterocycles. The first-order valence-electron chi connectivity index (χ1n) is 7.79. The minimum atomic E-state index is -4.16. The van der Waals surface area contributed by atoms with Crippen molar-refractivity contribution in [3.8, 4) is 0 Å². The summed E-state index contributed by atoms with van der Waals surface area (Å²) >= 11 is 0. The Morgan fingerprint density at radius 1 is 1.48 bits per heavy atom. The van der Waals surface area contributed by atoms with Crippen LogP contribution in [-0.2, 0) is 6.42 Å². The van der Waals surface area contributed by atoms with Crippen molar-refractivity contribution in [1.29, 1.82) is 0 Å². The van der Waals surface area contributed by atoms with Crippen LogP contribution in [0.5, 0.6) is 0 Å². The number of hydrogen-bond acceptors (Lipinski definition) is 4. The molecule has 1 unspecified atom stereocenters. The molecule has 9 heteroatoms. The van der Waals surface area contributed by atoms with Crippen molar-refractivity contribution < 1.29 is 17.7 Å². The normalized spacial score (nSPS) is 20.0. The maximum Gasteiger partial charge on any atom is 0.393 e. The molecule has 0 radical (unpaired) electrons. The van der Waals surface area contributed by atoms with Gasteiger partial charge in [-0.1, -0.05) is 5.16 Å². The molecule has 130 valence electrons. The maximum absolute atomic E-state index is 12.9. The summed E-state index contributed by atoms with van der Waals surface area (Å²) in [5, 5.41) is 6.75. The Kier molecular flexibility index (Phi) is 5.84. The zero-order valence-electron chi connectivity index (χ0n) is 13.4. The minimum Gasteiger partial charge on any atom is -0.357 e. The van der Waals surface area contributed by atoms with Crippen molar-refractivity contribution in [2.45, 2.75) is 39.3 Å². The molecule has 1 atom stereocenters. The summed E-state index contributed by atoms with van der Waals surface area (Å²) < 4.78 is 43.8. The summed E-state index contributed by atoms with van der Waals surface area (Å²) in [6, 6.07) is 0. The molecular formula is C14H22F3N5O. The van der Waals surface area contributed by atoms with Crippen LogP contribution < -0.4 is 5.32 Å². The fraction of sp³-hybridized carbons (Fsp3) is 0.786. The van der Waals surface area contributed by atoms with Gasteiger partial charge in [-0.3, -0.25) is 4.99 Å². The molecule has 1 aromatic rings. The van der Waals surface area contributed by atoms with E-state index in [0.29, 0.717) is 50.2 Å². The van der Waals surface area contributed by atoms with E-state index in [-0.39, 0.29) is 13.0 Å². The number of guanidine groups is 1. The third kappa shape index (κ3) is 5.11. The maximum atomic E-state index is 12.9. The van der Waals surface area contributed by atoms with Gasteiger partial charge in [0, 0.05) is 26.1 Å². The summed E-state index contributed by atoms with van der Waals surface area (Å²) in [5.41, 5.74) is 0. The number of likely N-dealkylation sites (tertiary alicyclic amines) is 1. The van der Waals surface area contributed by atoms with E-state index in [1.165, 1.54) is 0 Å². The van der Waals surface area contributed by atoms with Crippen molar-refractivity contribution in [3.05, 3.63) is 11.7 Å². The number of nitrogens with one attached hydrogen (secondary N) is 1. The van der Waals surface area contributed by atoms with E-state index >= 15 is 0 Å². The predicted molar refractivity (Wildman–Crippen MR) is 79.1 cm³/mol. The topological polar surface area (TPSA) is 66.5 Å². The molecule has 1 aliphatic rings.